The molecule has 0 radical (unpaired) electrons. The van der Waals surface area contributed by atoms with Gasteiger partial charge in [0.05, 0.1) is 11.6 Å². The Labute approximate surface area is 100 Å². The SMILES string of the molecule is CCSc1cc(Cl)c(C(C)C)c(C#N)c1. The second-order valence-electron chi connectivity index (χ2n) is 3.57. The summed E-state index contributed by atoms with van der Waals surface area (Å²) in [5, 5.41) is 9.77. The van der Waals surface area contributed by atoms with Gasteiger partial charge >= 0.3 is 0 Å². The van der Waals surface area contributed by atoms with Crippen LogP contribution in [0.25, 0.3) is 0 Å². The molecule has 0 aliphatic carbocycles. The van der Waals surface area contributed by atoms with Gasteiger partial charge in [0.1, 0.15) is 0 Å². The molecular formula is C12H14ClNS. The fraction of sp³-hybridized carbons (Fsp3) is 0.417. The molecule has 0 saturated heterocycles. The average Bonchev–Trinajstić information content (AvgIpc) is 2.16. The van der Waals surface area contributed by atoms with E-state index in [1.807, 2.05) is 12.1 Å². The molecule has 80 valence electrons. The summed E-state index contributed by atoms with van der Waals surface area (Å²) in [6.45, 7) is 6.18. The van der Waals surface area contributed by atoms with E-state index in [-0.39, 0.29) is 5.92 Å². The Morgan fingerprint density at radius 1 is 1.47 bits per heavy atom. The standard InChI is InChI=1S/C12H14ClNS/c1-4-15-10-5-9(7-14)12(8(2)3)11(13)6-10/h5-6,8H,4H2,1-3H3. The van der Waals surface area contributed by atoms with Crippen molar-refractivity contribution < 1.29 is 0 Å². The predicted octanol–water partition coefficient (Wildman–Crippen LogP) is 4.45. The van der Waals surface area contributed by atoms with E-state index in [0.717, 1.165) is 16.2 Å². The van der Waals surface area contributed by atoms with E-state index in [4.69, 9.17) is 16.9 Å². The molecule has 3 heteroatoms. The summed E-state index contributed by atoms with van der Waals surface area (Å²) in [5.41, 5.74) is 1.66. The summed E-state index contributed by atoms with van der Waals surface area (Å²) in [4.78, 5) is 1.07. The molecule has 1 nitrogen and oxygen atoms in total. The monoisotopic (exact) mass is 239 g/mol. The van der Waals surface area contributed by atoms with Gasteiger partial charge in [-0.15, -0.1) is 11.8 Å². The van der Waals surface area contributed by atoms with E-state index in [2.05, 4.69) is 26.8 Å². The first-order valence-electron chi connectivity index (χ1n) is 4.96. The minimum absolute atomic E-state index is 0.285. The fourth-order valence-corrected chi connectivity index (χ4v) is 2.76. The first kappa shape index (κ1) is 12.4. The topological polar surface area (TPSA) is 23.8 Å². The van der Waals surface area contributed by atoms with Crippen molar-refractivity contribution >= 4 is 23.4 Å². The number of hydrogen-bond donors (Lipinski definition) is 0. The third kappa shape index (κ3) is 2.90. The highest BCUT2D eigenvalue weighted by Crippen LogP contribution is 2.32. The summed E-state index contributed by atoms with van der Waals surface area (Å²) in [5.74, 6) is 1.27. The minimum Gasteiger partial charge on any atom is -0.192 e. The molecule has 0 aromatic heterocycles. The van der Waals surface area contributed by atoms with Gasteiger partial charge in [-0.1, -0.05) is 32.4 Å². The molecule has 1 rings (SSSR count). The third-order valence-electron chi connectivity index (χ3n) is 2.11. The molecule has 1 aromatic carbocycles. The summed E-state index contributed by atoms with van der Waals surface area (Å²) < 4.78 is 0. The molecule has 0 amide bonds. The van der Waals surface area contributed by atoms with E-state index in [1.54, 1.807) is 11.8 Å². The summed E-state index contributed by atoms with van der Waals surface area (Å²) >= 11 is 7.88. The highest BCUT2D eigenvalue weighted by molar-refractivity contribution is 7.99. The summed E-state index contributed by atoms with van der Waals surface area (Å²) in [6, 6.07) is 6.10. The highest BCUT2D eigenvalue weighted by atomic mass is 35.5. The second kappa shape index (κ2) is 5.44. The van der Waals surface area contributed by atoms with Crippen LogP contribution < -0.4 is 0 Å². The maximum Gasteiger partial charge on any atom is 0.0995 e. The number of nitriles is 1. The number of hydrogen-bond acceptors (Lipinski definition) is 2. The van der Waals surface area contributed by atoms with E-state index in [0.29, 0.717) is 10.6 Å². The zero-order valence-electron chi connectivity index (χ0n) is 9.17. The van der Waals surface area contributed by atoms with Crippen LogP contribution in [0.4, 0.5) is 0 Å². The molecule has 0 fully saturated rings. The van der Waals surface area contributed by atoms with Crippen LogP contribution in [0.2, 0.25) is 5.02 Å². The molecule has 0 N–H and O–H groups in total. The van der Waals surface area contributed by atoms with Crippen molar-refractivity contribution in [2.24, 2.45) is 0 Å². The zero-order chi connectivity index (χ0) is 11.4. The van der Waals surface area contributed by atoms with Crippen LogP contribution in [0.15, 0.2) is 17.0 Å². The number of thioether (sulfide) groups is 1. The Morgan fingerprint density at radius 2 is 2.13 bits per heavy atom. The molecule has 15 heavy (non-hydrogen) atoms. The van der Waals surface area contributed by atoms with Gasteiger partial charge in [0.2, 0.25) is 0 Å². The molecule has 0 bridgehead atoms. The van der Waals surface area contributed by atoms with Gasteiger partial charge in [0.25, 0.3) is 0 Å². The fourth-order valence-electron chi connectivity index (χ4n) is 1.52. The van der Waals surface area contributed by atoms with Crippen molar-refractivity contribution in [2.45, 2.75) is 31.6 Å². The normalized spacial score (nSPS) is 10.4. The quantitative estimate of drug-likeness (QED) is 0.728. The number of benzene rings is 1. The minimum atomic E-state index is 0.285. The van der Waals surface area contributed by atoms with Crippen LogP contribution in [0.3, 0.4) is 0 Å². The largest absolute Gasteiger partial charge is 0.192 e. The molecule has 0 aliphatic heterocycles. The molecular weight excluding hydrogens is 226 g/mol. The Morgan fingerprint density at radius 3 is 2.60 bits per heavy atom. The van der Waals surface area contributed by atoms with Crippen LogP contribution in [-0.4, -0.2) is 5.75 Å². The zero-order valence-corrected chi connectivity index (χ0v) is 10.7. The average molecular weight is 240 g/mol. The lowest BCUT2D eigenvalue weighted by molar-refractivity contribution is 0.860. The Hall–Kier alpha value is -0.650. The lowest BCUT2D eigenvalue weighted by atomic mass is 9.98. The van der Waals surface area contributed by atoms with Crippen molar-refractivity contribution in [3.8, 4) is 6.07 Å². The predicted molar refractivity (Wildman–Crippen MR) is 66.7 cm³/mol. The number of rotatable bonds is 3. The Kier molecular flexibility index (Phi) is 4.50. The van der Waals surface area contributed by atoms with Crippen molar-refractivity contribution in [3.05, 3.63) is 28.3 Å². The third-order valence-corrected chi connectivity index (χ3v) is 3.28. The van der Waals surface area contributed by atoms with Crippen LogP contribution in [0, 0.1) is 11.3 Å². The molecule has 0 heterocycles. The smallest absolute Gasteiger partial charge is 0.0995 e. The maximum absolute atomic E-state index is 9.07. The van der Waals surface area contributed by atoms with Gasteiger partial charge in [0, 0.05) is 9.92 Å². The van der Waals surface area contributed by atoms with Crippen molar-refractivity contribution in [3.63, 3.8) is 0 Å². The van der Waals surface area contributed by atoms with Crippen molar-refractivity contribution in [1.82, 2.24) is 0 Å². The molecule has 0 unspecified atom stereocenters. The second-order valence-corrected chi connectivity index (χ2v) is 5.31. The van der Waals surface area contributed by atoms with Gasteiger partial charge in [-0.2, -0.15) is 5.26 Å². The van der Waals surface area contributed by atoms with E-state index in [1.165, 1.54) is 0 Å². The van der Waals surface area contributed by atoms with Crippen molar-refractivity contribution in [1.29, 1.82) is 5.26 Å². The lowest BCUT2D eigenvalue weighted by Gasteiger charge is -2.12. The van der Waals surface area contributed by atoms with Gasteiger partial charge in [-0.05, 0) is 29.4 Å². The van der Waals surface area contributed by atoms with E-state index >= 15 is 0 Å². The van der Waals surface area contributed by atoms with Crippen LogP contribution >= 0.6 is 23.4 Å². The van der Waals surface area contributed by atoms with E-state index < -0.39 is 0 Å². The molecule has 0 saturated carbocycles. The molecule has 1 aromatic rings. The lowest BCUT2D eigenvalue weighted by Crippen LogP contribution is -1.95. The van der Waals surface area contributed by atoms with E-state index in [9.17, 15) is 0 Å². The van der Waals surface area contributed by atoms with Gasteiger partial charge < -0.3 is 0 Å². The first-order chi connectivity index (χ1) is 7.10. The van der Waals surface area contributed by atoms with Crippen LogP contribution in [0.5, 0.6) is 0 Å². The summed E-state index contributed by atoms with van der Waals surface area (Å²) in [7, 11) is 0. The van der Waals surface area contributed by atoms with Gasteiger partial charge in [-0.25, -0.2) is 0 Å². The van der Waals surface area contributed by atoms with Crippen LogP contribution in [0.1, 0.15) is 37.8 Å². The van der Waals surface area contributed by atoms with Crippen molar-refractivity contribution in [2.75, 3.05) is 5.75 Å². The van der Waals surface area contributed by atoms with Gasteiger partial charge in [0.15, 0.2) is 0 Å². The highest BCUT2D eigenvalue weighted by Gasteiger charge is 2.12. The molecule has 0 aliphatic rings. The first-order valence-corrected chi connectivity index (χ1v) is 6.32. The maximum atomic E-state index is 9.07. The molecule has 0 atom stereocenters. The number of halogens is 1. The number of nitrogens with zero attached hydrogens (tertiary/aromatic N) is 1. The Balaban J connectivity index is 3.26. The van der Waals surface area contributed by atoms with Gasteiger partial charge in [-0.3, -0.25) is 0 Å². The molecule has 0 spiro atoms. The van der Waals surface area contributed by atoms with Crippen LogP contribution in [-0.2, 0) is 0 Å². The Bertz CT molecular complexity index is 393. The summed E-state index contributed by atoms with van der Waals surface area (Å²) in [6.07, 6.45) is 0.